The van der Waals surface area contributed by atoms with Crippen molar-refractivity contribution < 1.29 is 73.6 Å². The second-order valence-corrected chi connectivity index (χ2v) is 13.0. The quantitative estimate of drug-likeness (QED) is 0.172. The molecule has 0 radical (unpaired) electrons. The molecule has 51 heavy (non-hydrogen) atoms. The molecule has 16 heteroatoms. The van der Waals surface area contributed by atoms with E-state index in [-0.39, 0.29) is 22.3 Å². The molecule has 0 unspecified atom stereocenters. The highest BCUT2D eigenvalue weighted by Crippen LogP contribution is 2.55. The molecule has 2 aromatic rings. The SMILES string of the molecule is COC(=O)c1c(C)cc2c(c1CO)[C@]1(O)C(=O)c3cc4c(c(O)c3C(=O)[C@]1(OC)[C@H](O)C2)C(=O)C=C(N[C@H]1O[C@@H](C)[C@H](OC)[C@@H](O)[C@H]1CO)C4=O. The number of esters is 1. The van der Waals surface area contributed by atoms with Crippen LogP contribution in [-0.4, -0.2) is 124 Å². The van der Waals surface area contributed by atoms with E-state index >= 15 is 0 Å². The van der Waals surface area contributed by atoms with E-state index in [0.29, 0.717) is 0 Å². The van der Waals surface area contributed by atoms with Crippen molar-refractivity contribution in [1.82, 2.24) is 5.32 Å². The minimum atomic E-state index is -3.15. The van der Waals surface area contributed by atoms with Gasteiger partial charge in [-0.05, 0) is 36.6 Å². The summed E-state index contributed by atoms with van der Waals surface area (Å²) in [4.78, 5) is 69.6. The normalized spacial score (nSPS) is 31.3. The van der Waals surface area contributed by atoms with E-state index in [2.05, 4.69) is 5.32 Å². The highest BCUT2D eigenvalue weighted by molar-refractivity contribution is 6.30. The molecule has 7 N–H and O–H groups in total. The van der Waals surface area contributed by atoms with Gasteiger partial charge in [0.25, 0.3) is 0 Å². The number of nitrogens with one attached hydrogen (secondary N) is 1. The maximum Gasteiger partial charge on any atom is 0.338 e. The van der Waals surface area contributed by atoms with E-state index in [1.54, 1.807) is 6.92 Å². The lowest BCUT2D eigenvalue weighted by Crippen LogP contribution is -2.73. The molecule has 6 rings (SSSR count). The van der Waals surface area contributed by atoms with E-state index in [1.165, 1.54) is 20.1 Å². The number of aliphatic hydroxyl groups excluding tert-OH is 4. The molecule has 1 saturated heterocycles. The molecule has 272 valence electrons. The fourth-order valence-electron chi connectivity index (χ4n) is 8.22. The van der Waals surface area contributed by atoms with Crippen molar-refractivity contribution in [2.45, 2.75) is 68.7 Å². The number of carbonyl (C=O) groups excluding carboxylic acids is 5. The molecule has 1 fully saturated rings. The van der Waals surface area contributed by atoms with Crippen molar-refractivity contribution in [1.29, 1.82) is 0 Å². The van der Waals surface area contributed by atoms with E-state index in [1.807, 2.05) is 0 Å². The topological polar surface area (TPSA) is 256 Å². The average molecular weight is 712 g/mol. The number of allylic oxidation sites excluding steroid dienone is 2. The summed E-state index contributed by atoms with van der Waals surface area (Å²) in [5.41, 5.74) is -9.65. The summed E-state index contributed by atoms with van der Waals surface area (Å²) >= 11 is 0. The predicted molar refractivity (Wildman–Crippen MR) is 170 cm³/mol. The Bertz CT molecular complexity index is 1940. The number of hydrogen-bond donors (Lipinski definition) is 7. The van der Waals surface area contributed by atoms with Gasteiger partial charge < -0.3 is 54.9 Å². The molecule has 0 spiro atoms. The first-order valence-electron chi connectivity index (χ1n) is 16.0. The van der Waals surface area contributed by atoms with E-state index in [0.717, 1.165) is 26.4 Å². The summed E-state index contributed by atoms with van der Waals surface area (Å²) in [6.45, 7) is 1.56. The van der Waals surface area contributed by atoms with Gasteiger partial charge in [0.2, 0.25) is 17.3 Å². The van der Waals surface area contributed by atoms with Gasteiger partial charge in [0.05, 0.1) is 66.9 Å². The van der Waals surface area contributed by atoms with E-state index in [4.69, 9.17) is 18.9 Å². The number of phenolic OH excluding ortho intramolecular Hbond substituents is 1. The van der Waals surface area contributed by atoms with E-state index in [9.17, 15) is 54.6 Å². The Morgan fingerprint density at radius 3 is 2.31 bits per heavy atom. The third-order valence-electron chi connectivity index (χ3n) is 10.6. The lowest BCUT2D eigenvalue weighted by Gasteiger charge is -2.53. The number of hydrogen-bond acceptors (Lipinski definition) is 16. The van der Waals surface area contributed by atoms with E-state index < -0.39 is 136 Å². The van der Waals surface area contributed by atoms with Crippen molar-refractivity contribution in [2.75, 3.05) is 27.9 Å². The molecule has 2 aromatic carbocycles. The van der Waals surface area contributed by atoms with Crippen molar-refractivity contribution >= 4 is 29.1 Å². The molecule has 8 atom stereocenters. The average Bonchev–Trinajstić information content (AvgIpc) is 3.08. The molecule has 0 aromatic heterocycles. The molecular formula is C35H37NO15. The van der Waals surface area contributed by atoms with Crippen molar-refractivity contribution in [2.24, 2.45) is 5.92 Å². The fraction of sp³-hybridized carbons (Fsp3) is 0.457. The number of phenols is 1. The number of Topliss-reactive ketones (excluding diaryl/α,β-unsaturated/α-hetero) is 3. The number of aliphatic hydroxyl groups is 5. The van der Waals surface area contributed by atoms with Crippen LogP contribution in [0.2, 0.25) is 0 Å². The zero-order valence-corrected chi connectivity index (χ0v) is 28.2. The van der Waals surface area contributed by atoms with Crippen LogP contribution >= 0.6 is 0 Å². The first kappa shape index (κ1) is 36.4. The maximum absolute atomic E-state index is 14.7. The van der Waals surface area contributed by atoms with Gasteiger partial charge in [0, 0.05) is 43.4 Å². The van der Waals surface area contributed by atoms with Crippen LogP contribution in [0.15, 0.2) is 23.9 Å². The van der Waals surface area contributed by atoms with Crippen molar-refractivity contribution in [3.63, 3.8) is 0 Å². The maximum atomic E-state index is 14.7. The predicted octanol–water partition coefficient (Wildman–Crippen LogP) is -0.870. The van der Waals surface area contributed by atoms with Crippen LogP contribution in [-0.2, 0) is 37.6 Å². The number of methoxy groups -OCH3 is 3. The Morgan fingerprint density at radius 2 is 1.73 bits per heavy atom. The van der Waals surface area contributed by atoms with Crippen LogP contribution in [0.4, 0.5) is 0 Å². The number of carbonyl (C=O) groups is 5. The monoisotopic (exact) mass is 711 g/mol. The lowest BCUT2D eigenvalue weighted by atomic mass is 9.56. The van der Waals surface area contributed by atoms with Crippen LogP contribution in [0.5, 0.6) is 5.75 Å². The summed E-state index contributed by atoms with van der Waals surface area (Å²) in [5, 5.41) is 69.7. The Balaban J connectivity index is 1.53. The largest absolute Gasteiger partial charge is 0.506 e. The van der Waals surface area contributed by atoms with Gasteiger partial charge in [0.1, 0.15) is 18.1 Å². The van der Waals surface area contributed by atoms with Crippen LogP contribution < -0.4 is 5.32 Å². The standard InChI is InChI=1S/C35H37NO15/c1-12-6-14-7-21(40)35(50-5)31(45)24-16(30(44)34(35,47)25(14)17(10-37)22(12)33(46)49-4)8-15-23(28(24)43)20(39)9-19(26(15)41)36-32-18(11-38)27(42)29(48-3)13(2)51-32/h6,8-9,13,18,21,27,29,32,36-38,40,42-43,47H,7,10-11H2,1-5H3/t13-,18+,21+,27-,29-,32-,34-,35+/m0/s1. The van der Waals surface area contributed by atoms with Gasteiger partial charge in [-0.15, -0.1) is 0 Å². The van der Waals surface area contributed by atoms with Crippen LogP contribution in [0.1, 0.15) is 81.0 Å². The molecule has 1 aliphatic heterocycles. The zero-order chi connectivity index (χ0) is 37.5. The number of benzene rings is 2. The number of aryl methyl sites for hydroxylation is 1. The zero-order valence-electron chi connectivity index (χ0n) is 28.2. The minimum Gasteiger partial charge on any atom is -0.506 e. The highest BCUT2D eigenvalue weighted by Gasteiger charge is 2.72. The Kier molecular flexibility index (Phi) is 9.05. The van der Waals surface area contributed by atoms with Crippen molar-refractivity contribution in [3.05, 3.63) is 74.0 Å². The molecule has 0 bridgehead atoms. The summed E-state index contributed by atoms with van der Waals surface area (Å²) in [7, 11) is 3.37. The third-order valence-corrected chi connectivity index (χ3v) is 10.6. The smallest absolute Gasteiger partial charge is 0.338 e. The van der Waals surface area contributed by atoms with Gasteiger partial charge in [-0.2, -0.15) is 0 Å². The second kappa shape index (κ2) is 12.7. The molecule has 3 aliphatic carbocycles. The molecule has 0 saturated carbocycles. The number of aromatic hydroxyl groups is 1. The van der Waals surface area contributed by atoms with Crippen molar-refractivity contribution in [3.8, 4) is 5.75 Å². The summed E-state index contributed by atoms with van der Waals surface area (Å²) in [6, 6.07) is 2.25. The van der Waals surface area contributed by atoms with Gasteiger partial charge in [0.15, 0.2) is 17.0 Å². The number of fused-ring (bicyclic) bond motifs is 5. The first-order valence-corrected chi connectivity index (χ1v) is 16.0. The lowest BCUT2D eigenvalue weighted by molar-refractivity contribution is -0.214. The Morgan fingerprint density at radius 1 is 1.04 bits per heavy atom. The molecule has 4 aliphatic rings. The summed E-state index contributed by atoms with van der Waals surface area (Å²) in [5.74, 6) is -7.64. The van der Waals surface area contributed by atoms with Crippen LogP contribution in [0.3, 0.4) is 0 Å². The number of ketones is 4. The molecule has 0 amide bonds. The molecule has 1 heterocycles. The summed E-state index contributed by atoms with van der Waals surface area (Å²) < 4.78 is 21.5. The van der Waals surface area contributed by atoms with Crippen LogP contribution in [0.25, 0.3) is 0 Å². The third kappa shape index (κ3) is 4.72. The Hall–Kier alpha value is -4.39. The van der Waals surface area contributed by atoms with Gasteiger partial charge in [-0.25, -0.2) is 4.79 Å². The van der Waals surface area contributed by atoms with Gasteiger partial charge >= 0.3 is 5.97 Å². The summed E-state index contributed by atoms with van der Waals surface area (Å²) in [6.07, 6.45) is -5.53. The molecule has 16 nitrogen and oxygen atoms in total. The number of rotatable bonds is 7. The fourth-order valence-corrected chi connectivity index (χ4v) is 8.22. The van der Waals surface area contributed by atoms with Crippen LogP contribution in [0, 0.1) is 12.8 Å². The molecular weight excluding hydrogens is 674 g/mol. The first-order chi connectivity index (χ1) is 24.1. The second-order valence-electron chi connectivity index (χ2n) is 13.0. The highest BCUT2D eigenvalue weighted by atomic mass is 16.6. The van der Waals surface area contributed by atoms with Gasteiger partial charge in [-0.3, -0.25) is 19.2 Å². The van der Waals surface area contributed by atoms with Gasteiger partial charge in [-0.1, -0.05) is 6.07 Å². The Labute approximate surface area is 290 Å². The number of ether oxygens (including phenoxy) is 4. The minimum absolute atomic E-state index is 0.0948.